The van der Waals surface area contributed by atoms with Crippen molar-refractivity contribution >= 4 is 23.3 Å². The number of halogens is 1. The molecule has 1 aromatic carbocycles. The lowest BCUT2D eigenvalue weighted by molar-refractivity contribution is -0.140. The molecule has 0 spiro atoms. The van der Waals surface area contributed by atoms with Crippen LogP contribution >= 0.6 is 0 Å². The zero-order valence-corrected chi connectivity index (χ0v) is 11.9. The summed E-state index contributed by atoms with van der Waals surface area (Å²) >= 11 is 0. The van der Waals surface area contributed by atoms with E-state index in [1.807, 2.05) is 0 Å². The molecule has 0 bridgehead atoms. The highest BCUT2D eigenvalue weighted by Gasteiger charge is 2.43. The summed E-state index contributed by atoms with van der Waals surface area (Å²) < 4.78 is 13.5. The predicted molar refractivity (Wildman–Crippen MR) is 76.2 cm³/mol. The number of carboxylic acid groups (broad SMARTS) is 1. The van der Waals surface area contributed by atoms with Gasteiger partial charge in [0.15, 0.2) is 0 Å². The number of carboxylic acids is 1. The monoisotopic (exact) mass is 305 g/mol. The third-order valence-electron chi connectivity index (χ3n) is 4.51. The average molecular weight is 305 g/mol. The summed E-state index contributed by atoms with van der Waals surface area (Å²) in [5, 5.41) is 9.49. The van der Waals surface area contributed by atoms with Crippen molar-refractivity contribution in [3.63, 3.8) is 0 Å². The lowest BCUT2D eigenvalue weighted by Gasteiger charge is -2.26. The molecule has 0 aromatic heterocycles. The van der Waals surface area contributed by atoms with Crippen LogP contribution in [-0.4, -0.2) is 28.8 Å². The summed E-state index contributed by atoms with van der Waals surface area (Å²) in [5.74, 6) is -3.19. The molecule has 1 amide bonds. The van der Waals surface area contributed by atoms with E-state index in [1.165, 1.54) is 6.07 Å². The Balaban J connectivity index is 1.97. The molecule has 1 atom stereocenters. The second kappa shape index (κ2) is 5.51. The number of nitrogens with zero attached hydrogens (tertiary/aromatic N) is 1. The second-order valence-electron chi connectivity index (χ2n) is 5.91. The molecule has 0 saturated heterocycles. The number of ketones is 1. The molecule has 22 heavy (non-hydrogen) atoms. The van der Waals surface area contributed by atoms with Gasteiger partial charge in [0, 0.05) is 0 Å². The number of hydrogen-bond acceptors (Lipinski definition) is 3. The smallest absolute Gasteiger partial charge is 0.326 e. The number of amides is 1. The summed E-state index contributed by atoms with van der Waals surface area (Å²) in [6.07, 6.45) is 4.25. The standard InChI is InChI=1S/C16H16FNO4/c17-10-5-6-11-12(8-10)18(15(20)14(11)19)13(16(21)22)7-9-3-1-2-4-9/h5-6,8-9,13H,1-4,7H2,(H,21,22). The van der Waals surface area contributed by atoms with Gasteiger partial charge in [0.05, 0.1) is 11.3 Å². The van der Waals surface area contributed by atoms with Crippen LogP contribution in [0.25, 0.3) is 0 Å². The molecule has 1 N–H and O–H groups in total. The molecule has 1 fully saturated rings. The fourth-order valence-electron chi connectivity index (χ4n) is 3.42. The zero-order valence-electron chi connectivity index (χ0n) is 11.9. The van der Waals surface area contributed by atoms with Gasteiger partial charge in [-0.3, -0.25) is 14.5 Å². The van der Waals surface area contributed by atoms with Crippen molar-refractivity contribution in [2.45, 2.75) is 38.1 Å². The topological polar surface area (TPSA) is 74.7 Å². The van der Waals surface area contributed by atoms with Gasteiger partial charge in [-0.2, -0.15) is 0 Å². The van der Waals surface area contributed by atoms with Crippen molar-refractivity contribution in [3.05, 3.63) is 29.6 Å². The third-order valence-corrected chi connectivity index (χ3v) is 4.51. The molecule has 1 aliphatic carbocycles. The SMILES string of the molecule is O=C1C(=O)N(C(CC2CCCC2)C(=O)O)c2cc(F)ccc21. The van der Waals surface area contributed by atoms with E-state index < -0.39 is 29.5 Å². The zero-order chi connectivity index (χ0) is 15.9. The molecular formula is C16H16FNO4. The Morgan fingerprint density at radius 1 is 1.32 bits per heavy atom. The Morgan fingerprint density at radius 3 is 2.64 bits per heavy atom. The Kier molecular flexibility index (Phi) is 3.68. The summed E-state index contributed by atoms with van der Waals surface area (Å²) in [6.45, 7) is 0. The van der Waals surface area contributed by atoms with E-state index in [-0.39, 0.29) is 17.2 Å². The van der Waals surface area contributed by atoms with Crippen molar-refractivity contribution in [1.29, 1.82) is 0 Å². The summed E-state index contributed by atoms with van der Waals surface area (Å²) in [4.78, 5) is 36.7. The Labute approximate surface area is 126 Å². The molecule has 1 unspecified atom stereocenters. The minimum absolute atomic E-state index is 0.0698. The molecule has 6 heteroatoms. The van der Waals surface area contributed by atoms with Gasteiger partial charge in [-0.1, -0.05) is 25.7 Å². The summed E-state index contributed by atoms with van der Waals surface area (Å²) in [6, 6.07) is 2.27. The van der Waals surface area contributed by atoms with Gasteiger partial charge in [-0.15, -0.1) is 0 Å². The van der Waals surface area contributed by atoms with Gasteiger partial charge in [0.1, 0.15) is 11.9 Å². The molecule has 1 aliphatic heterocycles. The van der Waals surface area contributed by atoms with Gasteiger partial charge < -0.3 is 5.11 Å². The van der Waals surface area contributed by atoms with Crippen LogP contribution in [-0.2, 0) is 9.59 Å². The first kappa shape index (κ1) is 14.7. The Morgan fingerprint density at radius 2 is 2.00 bits per heavy atom. The first-order valence-corrected chi connectivity index (χ1v) is 7.39. The first-order chi connectivity index (χ1) is 10.5. The van der Waals surface area contributed by atoms with Crippen LogP contribution in [0.5, 0.6) is 0 Å². The van der Waals surface area contributed by atoms with Crippen LogP contribution in [0, 0.1) is 11.7 Å². The van der Waals surface area contributed by atoms with Gasteiger partial charge >= 0.3 is 5.97 Å². The van der Waals surface area contributed by atoms with Gasteiger partial charge in [-0.05, 0) is 30.5 Å². The van der Waals surface area contributed by atoms with Crippen molar-refractivity contribution in [2.24, 2.45) is 5.92 Å². The molecule has 2 aliphatic rings. The molecule has 3 rings (SSSR count). The van der Waals surface area contributed by atoms with Gasteiger partial charge in [0.2, 0.25) is 0 Å². The molecule has 1 heterocycles. The van der Waals surface area contributed by atoms with E-state index in [9.17, 15) is 23.9 Å². The van der Waals surface area contributed by atoms with E-state index in [4.69, 9.17) is 0 Å². The second-order valence-corrected chi connectivity index (χ2v) is 5.91. The van der Waals surface area contributed by atoms with E-state index in [2.05, 4.69) is 0 Å². The first-order valence-electron chi connectivity index (χ1n) is 7.39. The minimum atomic E-state index is -1.16. The summed E-state index contributed by atoms with van der Waals surface area (Å²) in [5.41, 5.74) is 0.143. The molecule has 5 nitrogen and oxygen atoms in total. The largest absolute Gasteiger partial charge is 0.480 e. The molecule has 0 radical (unpaired) electrons. The Bertz CT molecular complexity index is 652. The highest BCUT2D eigenvalue weighted by Crippen LogP contribution is 2.36. The summed E-state index contributed by atoms with van der Waals surface area (Å²) in [7, 11) is 0. The maximum Gasteiger partial charge on any atom is 0.326 e. The lowest BCUT2D eigenvalue weighted by atomic mass is 9.97. The molecule has 1 aromatic rings. The van der Waals surface area contributed by atoms with Crippen LogP contribution in [0.3, 0.4) is 0 Å². The number of carbonyl (C=O) groups is 3. The normalized spacial score (nSPS) is 19.6. The number of anilines is 1. The Hall–Kier alpha value is -2.24. The fourth-order valence-corrected chi connectivity index (χ4v) is 3.42. The number of benzene rings is 1. The van der Waals surface area contributed by atoms with Crippen LogP contribution < -0.4 is 4.90 Å². The van der Waals surface area contributed by atoms with E-state index in [0.717, 1.165) is 42.7 Å². The van der Waals surface area contributed by atoms with E-state index in [0.29, 0.717) is 6.42 Å². The highest BCUT2D eigenvalue weighted by atomic mass is 19.1. The van der Waals surface area contributed by atoms with E-state index >= 15 is 0 Å². The maximum atomic E-state index is 13.5. The number of rotatable bonds is 4. The van der Waals surface area contributed by atoms with Crippen molar-refractivity contribution in [2.75, 3.05) is 4.90 Å². The molecule has 116 valence electrons. The van der Waals surface area contributed by atoms with Gasteiger partial charge in [0.25, 0.3) is 11.7 Å². The van der Waals surface area contributed by atoms with E-state index in [1.54, 1.807) is 0 Å². The van der Waals surface area contributed by atoms with Gasteiger partial charge in [-0.25, -0.2) is 9.18 Å². The average Bonchev–Trinajstić information content (AvgIpc) is 3.05. The lowest BCUT2D eigenvalue weighted by Crippen LogP contribution is -2.45. The fraction of sp³-hybridized carbons (Fsp3) is 0.438. The van der Waals surface area contributed by atoms with Crippen LogP contribution in [0.1, 0.15) is 42.5 Å². The van der Waals surface area contributed by atoms with Crippen molar-refractivity contribution < 1.29 is 23.9 Å². The van der Waals surface area contributed by atoms with Crippen molar-refractivity contribution in [3.8, 4) is 0 Å². The third kappa shape index (κ3) is 2.38. The highest BCUT2D eigenvalue weighted by molar-refractivity contribution is 6.52. The number of aliphatic carboxylic acids is 1. The number of Topliss-reactive ketones (excluding diaryl/α,β-unsaturated/α-hetero) is 1. The minimum Gasteiger partial charge on any atom is -0.480 e. The van der Waals surface area contributed by atoms with Crippen LogP contribution in [0.2, 0.25) is 0 Å². The quantitative estimate of drug-likeness (QED) is 0.867. The number of carbonyl (C=O) groups excluding carboxylic acids is 2. The predicted octanol–water partition coefficient (Wildman–Crippen LogP) is 2.39. The molecular weight excluding hydrogens is 289 g/mol. The van der Waals surface area contributed by atoms with Crippen molar-refractivity contribution in [1.82, 2.24) is 0 Å². The van der Waals surface area contributed by atoms with Crippen LogP contribution in [0.15, 0.2) is 18.2 Å². The molecule has 1 saturated carbocycles. The number of fused-ring (bicyclic) bond motifs is 1. The number of hydrogen-bond donors (Lipinski definition) is 1. The maximum absolute atomic E-state index is 13.5. The van der Waals surface area contributed by atoms with Crippen LogP contribution in [0.4, 0.5) is 10.1 Å².